The Balaban J connectivity index is 2.54. The topological polar surface area (TPSA) is 95.9 Å². The minimum atomic E-state index is -1.05. The number of aliphatic carboxylic acids is 1. The summed E-state index contributed by atoms with van der Waals surface area (Å²) in [4.78, 5) is 33.9. The van der Waals surface area contributed by atoms with Crippen LogP contribution in [0.4, 0.5) is 0 Å². The van der Waals surface area contributed by atoms with Crippen molar-refractivity contribution in [3.05, 3.63) is 45.1 Å². The number of pyridine rings is 1. The zero-order valence-electron chi connectivity index (χ0n) is 11.5. The summed E-state index contributed by atoms with van der Waals surface area (Å²) in [6.45, 7) is 5.36. The Labute approximate surface area is 115 Å². The van der Waals surface area contributed by atoms with Crippen LogP contribution in [0.3, 0.4) is 0 Å². The second-order valence-corrected chi connectivity index (χ2v) is 4.69. The van der Waals surface area contributed by atoms with E-state index in [0.717, 1.165) is 17.0 Å². The SMILES string of the molecule is Cc1cc(-c2nc(C)c(CC(=O)O)c(=O)[nH]2)cc(C)n1. The first-order chi connectivity index (χ1) is 9.36. The molecule has 0 radical (unpaired) electrons. The number of nitrogens with one attached hydrogen (secondary N) is 1. The number of nitrogens with zero attached hydrogens (tertiary/aromatic N) is 2. The van der Waals surface area contributed by atoms with Crippen LogP contribution >= 0.6 is 0 Å². The van der Waals surface area contributed by atoms with Crippen LogP contribution in [0.5, 0.6) is 0 Å². The molecule has 0 aliphatic carbocycles. The number of H-pyrrole nitrogens is 1. The Bertz CT molecular complexity index is 715. The predicted octanol–water partition coefficient (Wildman–Crippen LogP) is 1.38. The summed E-state index contributed by atoms with van der Waals surface area (Å²) in [5.74, 6) is -0.626. The van der Waals surface area contributed by atoms with Gasteiger partial charge in [-0.2, -0.15) is 0 Å². The Morgan fingerprint density at radius 3 is 2.30 bits per heavy atom. The highest BCUT2D eigenvalue weighted by atomic mass is 16.4. The second kappa shape index (κ2) is 5.24. The molecule has 2 rings (SSSR count). The third kappa shape index (κ3) is 2.90. The highest BCUT2D eigenvalue weighted by molar-refractivity contribution is 5.70. The lowest BCUT2D eigenvalue weighted by atomic mass is 10.1. The van der Waals surface area contributed by atoms with E-state index in [1.165, 1.54) is 0 Å². The van der Waals surface area contributed by atoms with Crippen molar-refractivity contribution in [3.8, 4) is 11.4 Å². The molecule has 6 nitrogen and oxygen atoms in total. The smallest absolute Gasteiger partial charge is 0.308 e. The molecule has 6 heteroatoms. The quantitative estimate of drug-likeness (QED) is 0.880. The van der Waals surface area contributed by atoms with Crippen molar-refractivity contribution in [2.24, 2.45) is 0 Å². The third-order valence-electron chi connectivity index (χ3n) is 2.91. The highest BCUT2D eigenvalue weighted by Gasteiger charge is 2.13. The molecule has 0 aliphatic rings. The average Bonchev–Trinajstić information content (AvgIpc) is 2.32. The first kappa shape index (κ1) is 13.9. The monoisotopic (exact) mass is 273 g/mol. The molecule has 0 spiro atoms. The van der Waals surface area contributed by atoms with Gasteiger partial charge in [-0.3, -0.25) is 14.6 Å². The molecule has 0 saturated carbocycles. The normalized spacial score (nSPS) is 10.6. The van der Waals surface area contributed by atoms with Gasteiger partial charge in [0.15, 0.2) is 0 Å². The Kier molecular flexibility index (Phi) is 3.65. The van der Waals surface area contributed by atoms with Gasteiger partial charge in [-0.1, -0.05) is 0 Å². The number of carboxylic acid groups (broad SMARTS) is 1. The number of rotatable bonds is 3. The van der Waals surface area contributed by atoms with Gasteiger partial charge in [0, 0.05) is 28.2 Å². The fourth-order valence-electron chi connectivity index (χ4n) is 2.08. The summed E-state index contributed by atoms with van der Waals surface area (Å²) >= 11 is 0. The third-order valence-corrected chi connectivity index (χ3v) is 2.91. The molecule has 0 amide bonds. The van der Waals surface area contributed by atoms with E-state index in [1.807, 2.05) is 26.0 Å². The van der Waals surface area contributed by atoms with Gasteiger partial charge in [-0.15, -0.1) is 0 Å². The number of aromatic nitrogens is 3. The predicted molar refractivity (Wildman–Crippen MR) is 73.6 cm³/mol. The van der Waals surface area contributed by atoms with Crippen molar-refractivity contribution in [3.63, 3.8) is 0 Å². The zero-order valence-corrected chi connectivity index (χ0v) is 11.5. The van der Waals surface area contributed by atoms with Crippen LogP contribution in [0, 0.1) is 20.8 Å². The Morgan fingerprint density at radius 1 is 1.20 bits per heavy atom. The Morgan fingerprint density at radius 2 is 1.80 bits per heavy atom. The lowest BCUT2D eigenvalue weighted by Crippen LogP contribution is -2.20. The van der Waals surface area contributed by atoms with Crippen molar-refractivity contribution in [1.82, 2.24) is 15.0 Å². The molecule has 0 aliphatic heterocycles. The molecule has 0 fully saturated rings. The van der Waals surface area contributed by atoms with Gasteiger partial charge < -0.3 is 10.1 Å². The van der Waals surface area contributed by atoms with Gasteiger partial charge >= 0.3 is 5.97 Å². The fraction of sp³-hybridized carbons (Fsp3) is 0.286. The fourth-order valence-corrected chi connectivity index (χ4v) is 2.08. The van der Waals surface area contributed by atoms with E-state index in [-0.39, 0.29) is 12.0 Å². The summed E-state index contributed by atoms with van der Waals surface area (Å²) in [5.41, 5.74) is 2.62. The summed E-state index contributed by atoms with van der Waals surface area (Å²) in [7, 11) is 0. The molecular weight excluding hydrogens is 258 g/mol. The lowest BCUT2D eigenvalue weighted by molar-refractivity contribution is -0.136. The van der Waals surface area contributed by atoms with Gasteiger partial charge in [-0.25, -0.2) is 4.98 Å². The maximum absolute atomic E-state index is 12.0. The average molecular weight is 273 g/mol. The molecule has 2 heterocycles. The molecule has 2 N–H and O–H groups in total. The molecule has 0 aromatic carbocycles. The van der Waals surface area contributed by atoms with E-state index < -0.39 is 11.5 Å². The number of aryl methyl sites for hydroxylation is 3. The molecule has 20 heavy (non-hydrogen) atoms. The summed E-state index contributed by atoms with van der Waals surface area (Å²) in [6, 6.07) is 3.64. The van der Waals surface area contributed by atoms with Gasteiger partial charge in [0.1, 0.15) is 5.82 Å². The van der Waals surface area contributed by atoms with E-state index in [0.29, 0.717) is 11.5 Å². The van der Waals surface area contributed by atoms with E-state index in [9.17, 15) is 9.59 Å². The van der Waals surface area contributed by atoms with Crippen LogP contribution in [0.2, 0.25) is 0 Å². The molecule has 0 bridgehead atoms. The van der Waals surface area contributed by atoms with Crippen LogP contribution in [0.1, 0.15) is 22.6 Å². The van der Waals surface area contributed by atoms with Gasteiger partial charge in [0.25, 0.3) is 5.56 Å². The van der Waals surface area contributed by atoms with E-state index in [4.69, 9.17) is 5.11 Å². The summed E-state index contributed by atoms with van der Waals surface area (Å²) < 4.78 is 0. The summed E-state index contributed by atoms with van der Waals surface area (Å²) in [5, 5.41) is 8.79. The number of carbonyl (C=O) groups is 1. The minimum absolute atomic E-state index is 0.184. The van der Waals surface area contributed by atoms with Crippen LogP contribution < -0.4 is 5.56 Å². The van der Waals surface area contributed by atoms with Gasteiger partial charge in [0.05, 0.1) is 6.42 Å². The molecular formula is C14H15N3O3. The van der Waals surface area contributed by atoms with Crippen LogP contribution in [0.15, 0.2) is 16.9 Å². The Hall–Kier alpha value is -2.50. The molecule has 0 saturated heterocycles. The van der Waals surface area contributed by atoms with Gasteiger partial charge in [-0.05, 0) is 32.9 Å². The number of hydrogen-bond acceptors (Lipinski definition) is 4. The highest BCUT2D eigenvalue weighted by Crippen LogP contribution is 2.16. The molecule has 0 unspecified atom stereocenters. The lowest BCUT2D eigenvalue weighted by Gasteiger charge is -2.07. The van der Waals surface area contributed by atoms with Gasteiger partial charge in [0.2, 0.25) is 0 Å². The standard InChI is InChI=1S/C14H15N3O3/c1-7-4-10(5-8(2)15-7)13-16-9(3)11(6-12(18)19)14(20)17-13/h4-5H,6H2,1-3H3,(H,18,19)(H,16,17,20). The summed E-state index contributed by atoms with van der Waals surface area (Å²) in [6.07, 6.45) is -0.331. The van der Waals surface area contributed by atoms with Crippen LogP contribution in [-0.4, -0.2) is 26.0 Å². The van der Waals surface area contributed by atoms with Crippen molar-refractivity contribution in [2.45, 2.75) is 27.2 Å². The molecule has 0 atom stereocenters. The van der Waals surface area contributed by atoms with Crippen molar-refractivity contribution < 1.29 is 9.90 Å². The number of carboxylic acids is 1. The first-order valence-electron chi connectivity index (χ1n) is 6.14. The molecule has 104 valence electrons. The van der Waals surface area contributed by atoms with E-state index in [1.54, 1.807) is 6.92 Å². The largest absolute Gasteiger partial charge is 0.481 e. The van der Waals surface area contributed by atoms with Crippen molar-refractivity contribution in [1.29, 1.82) is 0 Å². The second-order valence-electron chi connectivity index (χ2n) is 4.69. The molecule has 2 aromatic rings. The van der Waals surface area contributed by atoms with Crippen LogP contribution in [0.25, 0.3) is 11.4 Å². The maximum atomic E-state index is 12.0. The first-order valence-corrected chi connectivity index (χ1v) is 6.14. The number of aromatic amines is 1. The van der Waals surface area contributed by atoms with E-state index in [2.05, 4.69) is 15.0 Å². The maximum Gasteiger partial charge on any atom is 0.308 e. The van der Waals surface area contributed by atoms with Crippen molar-refractivity contribution >= 4 is 5.97 Å². The number of hydrogen-bond donors (Lipinski definition) is 2. The zero-order chi connectivity index (χ0) is 14.9. The molecule has 2 aromatic heterocycles. The van der Waals surface area contributed by atoms with Crippen LogP contribution in [-0.2, 0) is 11.2 Å². The van der Waals surface area contributed by atoms with Crippen molar-refractivity contribution in [2.75, 3.05) is 0 Å². The van der Waals surface area contributed by atoms with E-state index >= 15 is 0 Å². The minimum Gasteiger partial charge on any atom is -0.481 e.